The maximum absolute atomic E-state index is 12.6. The summed E-state index contributed by atoms with van der Waals surface area (Å²) in [6.45, 7) is 3.37. The average molecular weight is 483 g/mol. The highest BCUT2D eigenvalue weighted by molar-refractivity contribution is 9.10. The van der Waals surface area contributed by atoms with Crippen LogP contribution in [-0.4, -0.2) is 27.8 Å². The molecule has 8 heteroatoms. The highest BCUT2D eigenvalue weighted by Gasteiger charge is 2.17. The van der Waals surface area contributed by atoms with Gasteiger partial charge in [-0.25, -0.2) is 4.79 Å². The van der Waals surface area contributed by atoms with Crippen molar-refractivity contribution in [3.63, 3.8) is 0 Å². The van der Waals surface area contributed by atoms with Crippen LogP contribution in [0.1, 0.15) is 27.3 Å². The molecule has 2 aromatic carbocycles. The summed E-state index contributed by atoms with van der Waals surface area (Å²) < 4.78 is 8.00. The highest BCUT2D eigenvalue weighted by Crippen LogP contribution is 2.23. The first-order valence-electron chi connectivity index (χ1n) is 9.33. The number of nitrogens with zero attached hydrogens (tertiary/aromatic N) is 2. The molecule has 158 valence electrons. The molecule has 1 heterocycles. The van der Waals surface area contributed by atoms with Gasteiger partial charge in [0.1, 0.15) is 0 Å². The van der Waals surface area contributed by atoms with Crippen LogP contribution in [-0.2, 0) is 9.53 Å². The number of nitro groups is 1. The maximum atomic E-state index is 12.6. The quantitative estimate of drug-likeness (QED) is 0.151. The van der Waals surface area contributed by atoms with Gasteiger partial charge >= 0.3 is 5.97 Å². The van der Waals surface area contributed by atoms with Crippen molar-refractivity contribution < 1.29 is 19.2 Å². The number of carbonyl (C=O) groups is 2. The monoisotopic (exact) mass is 482 g/mol. The molecule has 1 aromatic heterocycles. The molecule has 0 aliphatic carbocycles. The summed E-state index contributed by atoms with van der Waals surface area (Å²) in [4.78, 5) is 34.7. The molecule has 0 saturated heterocycles. The van der Waals surface area contributed by atoms with E-state index in [1.165, 1.54) is 36.4 Å². The van der Waals surface area contributed by atoms with Crippen LogP contribution in [0.4, 0.5) is 5.69 Å². The molecule has 0 radical (unpaired) electrons. The van der Waals surface area contributed by atoms with Crippen molar-refractivity contribution >= 4 is 39.4 Å². The lowest BCUT2D eigenvalue weighted by Crippen LogP contribution is -2.13. The third kappa shape index (κ3) is 5.35. The minimum Gasteiger partial charge on any atom is -0.454 e. The number of ether oxygens (including phenoxy) is 1. The second-order valence-electron chi connectivity index (χ2n) is 6.81. The standard InChI is InChI=1S/C23H19BrN2O5/c1-15-13-21(16(2)25(15)19-10-6-18(24)7-11-19)22(27)14-31-23(28)12-5-17-3-8-20(9-4-17)26(29)30/h3-13H,14H2,1-2H3. The molecule has 3 aromatic rings. The lowest BCUT2D eigenvalue weighted by Gasteiger charge is -2.10. The first-order valence-corrected chi connectivity index (χ1v) is 10.1. The molecular weight excluding hydrogens is 464 g/mol. The van der Waals surface area contributed by atoms with Gasteiger partial charge in [-0.3, -0.25) is 14.9 Å². The van der Waals surface area contributed by atoms with E-state index in [0.29, 0.717) is 11.1 Å². The Morgan fingerprint density at radius 2 is 1.74 bits per heavy atom. The molecule has 0 amide bonds. The van der Waals surface area contributed by atoms with Crippen molar-refractivity contribution in [2.75, 3.05) is 6.61 Å². The molecule has 0 fully saturated rings. The summed E-state index contributed by atoms with van der Waals surface area (Å²) in [5, 5.41) is 10.7. The number of hydrogen-bond donors (Lipinski definition) is 0. The van der Waals surface area contributed by atoms with Gasteiger partial charge in [-0.1, -0.05) is 15.9 Å². The summed E-state index contributed by atoms with van der Waals surface area (Å²) in [6, 6.07) is 15.2. The van der Waals surface area contributed by atoms with Gasteiger partial charge in [0, 0.05) is 45.3 Å². The fraction of sp³-hybridized carbons (Fsp3) is 0.130. The van der Waals surface area contributed by atoms with E-state index in [0.717, 1.165) is 21.5 Å². The third-order valence-electron chi connectivity index (χ3n) is 4.68. The second kappa shape index (κ2) is 9.53. The van der Waals surface area contributed by atoms with Crippen LogP contribution >= 0.6 is 15.9 Å². The van der Waals surface area contributed by atoms with Gasteiger partial charge in [0.2, 0.25) is 5.78 Å². The Balaban J connectivity index is 1.64. The van der Waals surface area contributed by atoms with Crippen LogP contribution in [0.5, 0.6) is 0 Å². The molecule has 0 spiro atoms. The van der Waals surface area contributed by atoms with E-state index in [1.807, 2.05) is 42.7 Å². The zero-order chi connectivity index (χ0) is 22.5. The summed E-state index contributed by atoms with van der Waals surface area (Å²) in [5.74, 6) is -0.970. The Bertz CT molecular complexity index is 1160. The van der Waals surface area contributed by atoms with Crippen LogP contribution in [0, 0.1) is 24.0 Å². The fourth-order valence-electron chi connectivity index (χ4n) is 3.17. The van der Waals surface area contributed by atoms with Crippen LogP contribution in [0.25, 0.3) is 11.8 Å². The number of aromatic nitrogens is 1. The zero-order valence-corrected chi connectivity index (χ0v) is 18.5. The Labute approximate surface area is 187 Å². The smallest absolute Gasteiger partial charge is 0.331 e. The molecule has 0 unspecified atom stereocenters. The lowest BCUT2D eigenvalue weighted by atomic mass is 10.1. The molecule has 0 bridgehead atoms. The predicted octanol–water partition coefficient (Wildman–Crippen LogP) is 5.20. The Kier molecular flexibility index (Phi) is 6.81. The number of ketones is 1. The van der Waals surface area contributed by atoms with E-state index < -0.39 is 10.9 Å². The van der Waals surface area contributed by atoms with E-state index >= 15 is 0 Å². The van der Waals surface area contributed by atoms with Gasteiger partial charge in [0.25, 0.3) is 5.69 Å². The van der Waals surface area contributed by atoms with Crippen molar-refractivity contribution in [1.82, 2.24) is 4.57 Å². The number of rotatable bonds is 7. The van der Waals surface area contributed by atoms with E-state index in [9.17, 15) is 19.7 Å². The minimum absolute atomic E-state index is 0.0361. The van der Waals surface area contributed by atoms with Crippen molar-refractivity contribution in [1.29, 1.82) is 0 Å². The minimum atomic E-state index is -0.673. The van der Waals surface area contributed by atoms with Gasteiger partial charge in [-0.15, -0.1) is 0 Å². The molecule has 7 nitrogen and oxygen atoms in total. The maximum Gasteiger partial charge on any atom is 0.331 e. The normalized spacial score (nSPS) is 10.9. The molecule has 3 rings (SSSR count). The average Bonchev–Trinajstić information content (AvgIpc) is 3.05. The van der Waals surface area contributed by atoms with E-state index in [4.69, 9.17) is 4.74 Å². The van der Waals surface area contributed by atoms with Crippen molar-refractivity contribution in [3.8, 4) is 5.69 Å². The van der Waals surface area contributed by atoms with Gasteiger partial charge in [0.15, 0.2) is 6.61 Å². The second-order valence-corrected chi connectivity index (χ2v) is 7.73. The molecule has 0 saturated carbocycles. The topological polar surface area (TPSA) is 91.4 Å². The summed E-state index contributed by atoms with van der Waals surface area (Å²) in [5.41, 5.74) is 3.65. The van der Waals surface area contributed by atoms with Crippen molar-refractivity contribution in [2.45, 2.75) is 13.8 Å². The van der Waals surface area contributed by atoms with Crippen molar-refractivity contribution in [2.24, 2.45) is 0 Å². The number of non-ortho nitro benzene ring substituents is 1. The van der Waals surface area contributed by atoms with Gasteiger partial charge < -0.3 is 9.30 Å². The number of esters is 1. The van der Waals surface area contributed by atoms with Gasteiger partial charge in [0.05, 0.1) is 4.92 Å². The lowest BCUT2D eigenvalue weighted by molar-refractivity contribution is -0.384. The van der Waals surface area contributed by atoms with Crippen LogP contribution in [0.3, 0.4) is 0 Å². The number of benzene rings is 2. The molecule has 31 heavy (non-hydrogen) atoms. The van der Waals surface area contributed by atoms with Crippen LogP contribution in [0.15, 0.2) is 65.1 Å². The van der Waals surface area contributed by atoms with E-state index in [1.54, 1.807) is 6.07 Å². The summed E-state index contributed by atoms with van der Waals surface area (Å²) in [6.07, 6.45) is 2.65. The fourth-order valence-corrected chi connectivity index (χ4v) is 3.43. The third-order valence-corrected chi connectivity index (χ3v) is 5.21. The van der Waals surface area contributed by atoms with Crippen molar-refractivity contribution in [3.05, 3.63) is 97.8 Å². The number of nitro benzene ring substituents is 1. The van der Waals surface area contributed by atoms with Crippen LogP contribution < -0.4 is 0 Å². The Morgan fingerprint density at radius 3 is 2.35 bits per heavy atom. The summed E-state index contributed by atoms with van der Waals surface area (Å²) >= 11 is 3.41. The molecule has 0 aliphatic heterocycles. The first kappa shape index (κ1) is 22.2. The zero-order valence-electron chi connectivity index (χ0n) is 16.9. The number of Topliss-reactive ketones (excluding diaryl/α,β-unsaturated/α-hetero) is 1. The molecule has 0 atom stereocenters. The predicted molar refractivity (Wildman–Crippen MR) is 120 cm³/mol. The first-order chi connectivity index (χ1) is 14.8. The van der Waals surface area contributed by atoms with Crippen LogP contribution in [0.2, 0.25) is 0 Å². The van der Waals surface area contributed by atoms with Gasteiger partial charge in [-0.05, 0) is 68.0 Å². The number of aryl methyl sites for hydroxylation is 1. The largest absolute Gasteiger partial charge is 0.454 e. The Hall–Kier alpha value is -3.52. The molecule has 0 aliphatic rings. The highest BCUT2D eigenvalue weighted by atomic mass is 79.9. The van der Waals surface area contributed by atoms with Gasteiger partial charge in [-0.2, -0.15) is 0 Å². The number of halogens is 1. The van der Waals surface area contributed by atoms with E-state index in [2.05, 4.69) is 15.9 Å². The Morgan fingerprint density at radius 1 is 1.10 bits per heavy atom. The number of carbonyl (C=O) groups excluding carboxylic acids is 2. The molecule has 0 N–H and O–H groups in total. The molecular formula is C23H19BrN2O5. The SMILES string of the molecule is Cc1cc(C(=O)COC(=O)C=Cc2ccc([N+](=O)[O-])cc2)c(C)n1-c1ccc(Br)cc1. The van der Waals surface area contributed by atoms with E-state index in [-0.39, 0.29) is 18.1 Å². The summed E-state index contributed by atoms with van der Waals surface area (Å²) in [7, 11) is 0. The number of hydrogen-bond acceptors (Lipinski definition) is 5.